The summed E-state index contributed by atoms with van der Waals surface area (Å²) >= 11 is 0. The number of nitrogens with one attached hydrogen (secondary N) is 1. The number of carbonyl (C=O) groups excluding carboxylic acids is 1. The summed E-state index contributed by atoms with van der Waals surface area (Å²) in [6, 6.07) is 5.53. The molecule has 2 N–H and O–H groups in total. The van der Waals surface area contributed by atoms with Gasteiger partial charge in [0.1, 0.15) is 11.3 Å². The smallest absolute Gasteiger partial charge is 0.480 e. The molecule has 0 spiro atoms. The van der Waals surface area contributed by atoms with E-state index in [4.69, 9.17) is 5.11 Å². The molecular weight excluding hydrogens is 303 g/mol. The Labute approximate surface area is 124 Å². The number of amides is 1. The zero-order chi connectivity index (χ0) is 16.4. The number of hydrogen-bond acceptors (Lipinski definition) is 3. The average Bonchev–Trinajstić information content (AvgIpc) is 3.17. The van der Waals surface area contributed by atoms with Gasteiger partial charge in [-0.15, -0.1) is 13.2 Å². The van der Waals surface area contributed by atoms with Gasteiger partial charge in [0.05, 0.1) is 0 Å². The zero-order valence-corrected chi connectivity index (χ0v) is 11.4. The first kappa shape index (κ1) is 16.1. The first-order valence-corrected chi connectivity index (χ1v) is 6.60. The number of carbonyl (C=O) groups is 2. The lowest BCUT2D eigenvalue weighted by molar-refractivity contribution is -0.274. The molecule has 2 rings (SSSR count). The van der Waals surface area contributed by atoms with E-state index in [1.54, 1.807) is 0 Å². The average molecular weight is 317 g/mol. The number of carboxylic acid groups (broad SMARTS) is 1. The van der Waals surface area contributed by atoms with Gasteiger partial charge in [0, 0.05) is 6.42 Å². The maximum absolute atomic E-state index is 12.3. The monoisotopic (exact) mass is 317 g/mol. The van der Waals surface area contributed by atoms with E-state index in [2.05, 4.69) is 10.1 Å². The number of aryl methyl sites for hydroxylation is 1. The third kappa shape index (κ3) is 4.12. The largest absolute Gasteiger partial charge is 0.573 e. The van der Waals surface area contributed by atoms with Crippen LogP contribution in [0.1, 0.15) is 24.8 Å². The molecule has 120 valence electrons. The minimum Gasteiger partial charge on any atom is -0.480 e. The highest BCUT2D eigenvalue weighted by molar-refractivity contribution is 5.89. The highest BCUT2D eigenvalue weighted by Crippen LogP contribution is 2.35. The maximum Gasteiger partial charge on any atom is 0.573 e. The molecule has 0 aromatic heterocycles. The number of ether oxygens (including phenoxy) is 1. The van der Waals surface area contributed by atoms with Crippen LogP contribution in [0.5, 0.6) is 5.75 Å². The van der Waals surface area contributed by atoms with E-state index < -0.39 is 23.8 Å². The summed E-state index contributed by atoms with van der Waals surface area (Å²) in [6.07, 6.45) is -4.18. The number of benzene rings is 1. The molecule has 1 aromatic carbocycles. The molecule has 0 atom stereocenters. The molecule has 1 aromatic rings. The number of hydrogen-bond donors (Lipinski definition) is 2. The van der Waals surface area contributed by atoms with E-state index in [9.17, 15) is 22.8 Å². The molecule has 1 fully saturated rings. The molecule has 0 radical (unpaired) electrons. The van der Waals surface area contributed by atoms with E-state index in [-0.39, 0.29) is 24.2 Å². The SMILES string of the molecule is O=C(CCc1ccccc1OC(F)(F)F)NC1(C(=O)O)CC1. The third-order valence-corrected chi connectivity index (χ3v) is 3.36. The van der Waals surface area contributed by atoms with Crippen molar-refractivity contribution >= 4 is 11.9 Å². The van der Waals surface area contributed by atoms with Crippen LogP contribution < -0.4 is 10.1 Å². The van der Waals surface area contributed by atoms with Crippen LogP contribution in [0, 0.1) is 0 Å². The van der Waals surface area contributed by atoms with E-state index in [1.807, 2.05) is 0 Å². The van der Waals surface area contributed by atoms with Crippen molar-refractivity contribution in [3.8, 4) is 5.75 Å². The Bertz CT molecular complexity index is 582. The van der Waals surface area contributed by atoms with E-state index in [1.165, 1.54) is 24.3 Å². The molecule has 0 heterocycles. The summed E-state index contributed by atoms with van der Waals surface area (Å²) in [7, 11) is 0. The van der Waals surface area contributed by atoms with Gasteiger partial charge < -0.3 is 15.2 Å². The molecule has 0 bridgehead atoms. The number of alkyl halides is 3. The molecule has 5 nitrogen and oxygen atoms in total. The second-order valence-corrected chi connectivity index (χ2v) is 5.09. The third-order valence-electron chi connectivity index (χ3n) is 3.36. The van der Waals surface area contributed by atoms with Gasteiger partial charge >= 0.3 is 12.3 Å². The predicted molar refractivity (Wildman–Crippen MR) is 69.2 cm³/mol. The Morgan fingerprint density at radius 3 is 2.45 bits per heavy atom. The van der Waals surface area contributed by atoms with Crippen molar-refractivity contribution in [2.75, 3.05) is 0 Å². The van der Waals surface area contributed by atoms with Crippen LogP contribution in [0.4, 0.5) is 13.2 Å². The van der Waals surface area contributed by atoms with E-state index in [0.29, 0.717) is 12.8 Å². The number of aliphatic carboxylic acids is 1. The molecule has 0 aliphatic heterocycles. The first-order valence-electron chi connectivity index (χ1n) is 6.60. The van der Waals surface area contributed by atoms with Crippen molar-refractivity contribution in [3.05, 3.63) is 29.8 Å². The highest BCUT2D eigenvalue weighted by Gasteiger charge is 2.51. The zero-order valence-electron chi connectivity index (χ0n) is 11.4. The van der Waals surface area contributed by atoms with Gasteiger partial charge in [-0.05, 0) is 30.9 Å². The van der Waals surface area contributed by atoms with Crippen LogP contribution in [0.25, 0.3) is 0 Å². The Kier molecular flexibility index (Phi) is 4.30. The molecule has 0 unspecified atom stereocenters. The van der Waals surface area contributed by atoms with Crippen molar-refractivity contribution in [2.24, 2.45) is 0 Å². The summed E-state index contributed by atoms with van der Waals surface area (Å²) < 4.78 is 40.7. The molecule has 8 heteroatoms. The molecular formula is C14H14F3NO4. The maximum atomic E-state index is 12.3. The summed E-state index contributed by atoms with van der Waals surface area (Å²) in [6.45, 7) is 0. The summed E-state index contributed by atoms with van der Waals surface area (Å²) in [5.41, 5.74) is -0.964. The molecule has 22 heavy (non-hydrogen) atoms. The Hall–Kier alpha value is -2.25. The lowest BCUT2D eigenvalue weighted by Gasteiger charge is -2.14. The Morgan fingerprint density at radius 2 is 1.91 bits per heavy atom. The van der Waals surface area contributed by atoms with Crippen LogP contribution in [0.15, 0.2) is 24.3 Å². The number of para-hydroxylation sites is 1. The lowest BCUT2D eigenvalue weighted by atomic mass is 10.1. The minimum absolute atomic E-state index is 0.0216. The van der Waals surface area contributed by atoms with Gasteiger partial charge in [-0.2, -0.15) is 0 Å². The normalized spacial score (nSPS) is 16.0. The fourth-order valence-electron chi connectivity index (χ4n) is 2.03. The topological polar surface area (TPSA) is 75.6 Å². The predicted octanol–water partition coefficient (Wildman–Crippen LogP) is 2.25. The van der Waals surface area contributed by atoms with E-state index in [0.717, 1.165) is 0 Å². The Morgan fingerprint density at radius 1 is 1.27 bits per heavy atom. The van der Waals surface area contributed by atoms with Crippen LogP contribution in [0.2, 0.25) is 0 Å². The quantitative estimate of drug-likeness (QED) is 0.844. The van der Waals surface area contributed by atoms with Crippen molar-refractivity contribution < 1.29 is 32.6 Å². The summed E-state index contributed by atoms with van der Waals surface area (Å²) in [5.74, 6) is -1.97. The van der Waals surface area contributed by atoms with Crippen LogP contribution in [-0.4, -0.2) is 28.9 Å². The van der Waals surface area contributed by atoms with Crippen LogP contribution in [0.3, 0.4) is 0 Å². The minimum atomic E-state index is -4.81. The van der Waals surface area contributed by atoms with Crippen LogP contribution >= 0.6 is 0 Å². The summed E-state index contributed by atoms with van der Waals surface area (Å²) in [4.78, 5) is 22.7. The van der Waals surface area contributed by atoms with Gasteiger partial charge in [0.25, 0.3) is 0 Å². The van der Waals surface area contributed by atoms with Crippen molar-refractivity contribution in [1.29, 1.82) is 0 Å². The van der Waals surface area contributed by atoms with Crippen LogP contribution in [-0.2, 0) is 16.0 Å². The molecule has 1 aliphatic rings. The highest BCUT2D eigenvalue weighted by atomic mass is 19.4. The molecule has 0 saturated heterocycles. The second-order valence-electron chi connectivity index (χ2n) is 5.09. The number of carboxylic acids is 1. The fraction of sp³-hybridized carbons (Fsp3) is 0.429. The molecule has 1 amide bonds. The van der Waals surface area contributed by atoms with Crippen molar-refractivity contribution in [3.63, 3.8) is 0 Å². The lowest BCUT2D eigenvalue weighted by Crippen LogP contribution is -2.43. The fourth-order valence-corrected chi connectivity index (χ4v) is 2.03. The van der Waals surface area contributed by atoms with E-state index >= 15 is 0 Å². The standard InChI is InChI=1S/C14H14F3NO4/c15-14(16,17)22-10-4-2-1-3-9(10)5-6-11(19)18-13(7-8-13)12(20)21/h1-4H,5-8H2,(H,18,19)(H,20,21). The van der Waals surface area contributed by atoms with Crippen molar-refractivity contribution in [2.45, 2.75) is 37.6 Å². The number of rotatable bonds is 6. The second kappa shape index (κ2) is 5.86. The first-order chi connectivity index (χ1) is 10.2. The molecule has 1 aliphatic carbocycles. The summed E-state index contributed by atoms with van der Waals surface area (Å²) in [5, 5.41) is 11.4. The van der Waals surface area contributed by atoms with Crippen molar-refractivity contribution in [1.82, 2.24) is 5.32 Å². The van der Waals surface area contributed by atoms with Gasteiger partial charge in [-0.25, -0.2) is 4.79 Å². The van der Waals surface area contributed by atoms with Gasteiger partial charge in [-0.3, -0.25) is 4.79 Å². The van der Waals surface area contributed by atoms with Gasteiger partial charge in [0.15, 0.2) is 0 Å². The molecule has 1 saturated carbocycles. The number of halogens is 3. The Balaban J connectivity index is 1.94. The van der Waals surface area contributed by atoms with Gasteiger partial charge in [0.2, 0.25) is 5.91 Å². The van der Waals surface area contributed by atoms with Gasteiger partial charge in [-0.1, -0.05) is 18.2 Å².